The Morgan fingerprint density at radius 1 is 1.04 bits per heavy atom. The number of anilines is 1. The number of ether oxygens (including phenoxy) is 1. The Labute approximate surface area is 134 Å². The van der Waals surface area contributed by atoms with Crippen molar-refractivity contribution >= 4 is 17.6 Å². The number of carboxylic acids is 1. The van der Waals surface area contributed by atoms with Gasteiger partial charge in [-0.15, -0.1) is 0 Å². The van der Waals surface area contributed by atoms with Gasteiger partial charge >= 0.3 is 0 Å². The highest BCUT2D eigenvalue weighted by atomic mass is 16.5. The van der Waals surface area contributed by atoms with Crippen molar-refractivity contribution in [3.63, 3.8) is 0 Å². The molecular weight excluding hydrogens is 294 g/mol. The highest BCUT2D eigenvalue weighted by Gasteiger charge is 2.05. The number of hydrogen-bond acceptors (Lipinski definition) is 4. The number of carbonyl (C=O) groups excluding carboxylic acids is 2. The van der Waals surface area contributed by atoms with Gasteiger partial charge in [-0.3, -0.25) is 4.79 Å². The van der Waals surface area contributed by atoms with Crippen LogP contribution < -0.4 is 15.2 Å². The maximum Gasteiger partial charge on any atom is 0.255 e. The first-order valence-electron chi connectivity index (χ1n) is 7.04. The van der Waals surface area contributed by atoms with Crippen LogP contribution in [0, 0.1) is 0 Å². The molecule has 1 N–H and O–H groups in total. The molecule has 2 rings (SSSR count). The largest absolute Gasteiger partial charge is 0.545 e. The molecule has 0 unspecified atom stereocenters. The SMILES string of the molecule is C=C(CCOc1ccc(NC(=O)c2ccccc2)cc1)C(=O)[O-]. The van der Waals surface area contributed by atoms with Crippen molar-refractivity contribution < 1.29 is 19.4 Å². The zero-order valence-electron chi connectivity index (χ0n) is 12.5. The maximum absolute atomic E-state index is 12.0. The third kappa shape index (κ3) is 5.00. The predicted octanol–water partition coefficient (Wildman–Crippen LogP) is 2.01. The van der Waals surface area contributed by atoms with Gasteiger partial charge in [-0.2, -0.15) is 0 Å². The second kappa shape index (κ2) is 7.79. The molecule has 0 spiro atoms. The van der Waals surface area contributed by atoms with E-state index in [0.717, 1.165) is 0 Å². The molecule has 0 aliphatic heterocycles. The van der Waals surface area contributed by atoms with Gasteiger partial charge in [0.25, 0.3) is 5.91 Å². The van der Waals surface area contributed by atoms with Gasteiger partial charge in [0.15, 0.2) is 0 Å². The molecule has 0 aromatic heterocycles. The third-order valence-corrected chi connectivity index (χ3v) is 3.11. The zero-order valence-corrected chi connectivity index (χ0v) is 12.5. The van der Waals surface area contributed by atoms with E-state index in [2.05, 4.69) is 11.9 Å². The van der Waals surface area contributed by atoms with Crippen molar-refractivity contribution in [2.75, 3.05) is 11.9 Å². The molecule has 0 saturated heterocycles. The van der Waals surface area contributed by atoms with Crippen molar-refractivity contribution in [3.8, 4) is 5.75 Å². The van der Waals surface area contributed by atoms with Gasteiger partial charge < -0.3 is 20.0 Å². The summed E-state index contributed by atoms with van der Waals surface area (Å²) in [5, 5.41) is 13.3. The molecule has 23 heavy (non-hydrogen) atoms. The minimum absolute atomic E-state index is 0.00301. The third-order valence-electron chi connectivity index (χ3n) is 3.11. The zero-order chi connectivity index (χ0) is 16.7. The molecule has 5 heteroatoms. The summed E-state index contributed by atoms with van der Waals surface area (Å²) in [5.74, 6) is -0.883. The normalized spacial score (nSPS) is 9.91. The fourth-order valence-corrected chi connectivity index (χ4v) is 1.82. The van der Waals surface area contributed by atoms with E-state index in [0.29, 0.717) is 17.0 Å². The molecule has 0 fully saturated rings. The van der Waals surface area contributed by atoms with Crippen LogP contribution in [0.15, 0.2) is 66.7 Å². The Morgan fingerprint density at radius 3 is 2.30 bits per heavy atom. The topological polar surface area (TPSA) is 78.5 Å². The first kappa shape index (κ1) is 16.3. The van der Waals surface area contributed by atoms with E-state index >= 15 is 0 Å². The molecule has 0 saturated carbocycles. The van der Waals surface area contributed by atoms with Crippen LogP contribution in [0.3, 0.4) is 0 Å². The van der Waals surface area contributed by atoms with Crippen LogP contribution in [-0.4, -0.2) is 18.5 Å². The average Bonchev–Trinajstić information content (AvgIpc) is 2.57. The monoisotopic (exact) mass is 310 g/mol. The van der Waals surface area contributed by atoms with E-state index in [1.54, 1.807) is 48.5 Å². The number of amides is 1. The van der Waals surface area contributed by atoms with Gasteiger partial charge in [-0.05, 0) is 42.0 Å². The first-order chi connectivity index (χ1) is 11.1. The quantitative estimate of drug-likeness (QED) is 0.794. The molecule has 118 valence electrons. The van der Waals surface area contributed by atoms with Crippen molar-refractivity contribution in [3.05, 3.63) is 72.3 Å². The Kier molecular flexibility index (Phi) is 5.52. The van der Waals surface area contributed by atoms with Gasteiger partial charge in [0, 0.05) is 17.7 Å². The van der Waals surface area contributed by atoms with Gasteiger partial charge in [-0.25, -0.2) is 0 Å². The van der Waals surface area contributed by atoms with Crippen LogP contribution in [0.5, 0.6) is 5.75 Å². The lowest BCUT2D eigenvalue weighted by atomic mass is 10.2. The minimum Gasteiger partial charge on any atom is -0.545 e. The number of aliphatic carboxylic acids is 1. The number of nitrogens with one attached hydrogen (secondary N) is 1. The van der Waals surface area contributed by atoms with Crippen LogP contribution >= 0.6 is 0 Å². The molecule has 1 amide bonds. The van der Waals surface area contributed by atoms with Crippen molar-refractivity contribution in [1.29, 1.82) is 0 Å². The summed E-state index contributed by atoms with van der Waals surface area (Å²) >= 11 is 0. The van der Waals surface area contributed by atoms with Gasteiger partial charge in [0.05, 0.1) is 12.6 Å². The summed E-state index contributed by atoms with van der Waals surface area (Å²) in [6, 6.07) is 15.7. The molecular formula is C18H16NO4-. The molecule has 0 heterocycles. The van der Waals surface area contributed by atoms with Crippen molar-refractivity contribution in [2.45, 2.75) is 6.42 Å². The standard InChI is InChI=1S/C18H17NO4/c1-13(18(21)22)11-12-23-16-9-7-15(8-10-16)19-17(20)14-5-3-2-4-6-14/h2-10H,1,11-12H2,(H,19,20)(H,21,22)/p-1. The molecule has 0 bridgehead atoms. The molecule has 0 atom stereocenters. The van der Waals surface area contributed by atoms with Crippen LogP contribution in [0.25, 0.3) is 0 Å². The number of carboxylic acid groups (broad SMARTS) is 1. The lowest BCUT2D eigenvalue weighted by Crippen LogP contribution is -2.24. The Hall–Kier alpha value is -3.08. The van der Waals surface area contributed by atoms with E-state index in [1.165, 1.54) is 0 Å². The highest BCUT2D eigenvalue weighted by molar-refractivity contribution is 6.04. The summed E-state index contributed by atoms with van der Waals surface area (Å²) in [7, 11) is 0. The number of benzene rings is 2. The second-order valence-electron chi connectivity index (χ2n) is 4.83. The van der Waals surface area contributed by atoms with Crippen LogP contribution in [0.1, 0.15) is 16.8 Å². The van der Waals surface area contributed by atoms with Crippen LogP contribution in [-0.2, 0) is 4.79 Å². The Balaban J connectivity index is 1.86. The summed E-state index contributed by atoms with van der Waals surface area (Å²) in [5.41, 5.74) is 1.22. The number of carbonyl (C=O) groups is 2. The van der Waals surface area contributed by atoms with E-state index in [4.69, 9.17) is 4.74 Å². The molecule has 2 aromatic rings. The van der Waals surface area contributed by atoms with Gasteiger partial charge in [-0.1, -0.05) is 24.8 Å². The molecule has 2 aromatic carbocycles. The lowest BCUT2D eigenvalue weighted by Gasteiger charge is -2.10. The number of rotatable bonds is 7. The van der Waals surface area contributed by atoms with E-state index in [-0.39, 0.29) is 24.5 Å². The minimum atomic E-state index is -1.27. The van der Waals surface area contributed by atoms with Crippen molar-refractivity contribution in [1.82, 2.24) is 0 Å². The van der Waals surface area contributed by atoms with Gasteiger partial charge in [0.2, 0.25) is 0 Å². The highest BCUT2D eigenvalue weighted by Crippen LogP contribution is 2.17. The maximum atomic E-state index is 12.0. The molecule has 0 aliphatic carbocycles. The summed E-state index contributed by atoms with van der Waals surface area (Å²) < 4.78 is 5.41. The van der Waals surface area contributed by atoms with Gasteiger partial charge in [0.1, 0.15) is 5.75 Å². The first-order valence-corrected chi connectivity index (χ1v) is 7.04. The summed E-state index contributed by atoms with van der Waals surface area (Å²) in [6.07, 6.45) is 0.189. The van der Waals surface area contributed by atoms with Crippen molar-refractivity contribution in [2.24, 2.45) is 0 Å². The smallest absolute Gasteiger partial charge is 0.255 e. The molecule has 0 aliphatic rings. The fourth-order valence-electron chi connectivity index (χ4n) is 1.82. The number of hydrogen-bond donors (Lipinski definition) is 1. The average molecular weight is 310 g/mol. The van der Waals surface area contributed by atoms with E-state index in [9.17, 15) is 14.7 Å². The molecule has 0 radical (unpaired) electrons. The summed E-state index contributed by atoms with van der Waals surface area (Å²) in [6.45, 7) is 3.57. The Morgan fingerprint density at radius 2 is 1.70 bits per heavy atom. The summed E-state index contributed by atoms with van der Waals surface area (Å²) in [4.78, 5) is 22.5. The van der Waals surface area contributed by atoms with E-state index in [1.807, 2.05) is 6.07 Å². The van der Waals surface area contributed by atoms with Crippen LogP contribution in [0.4, 0.5) is 5.69 Å². The van der Waals surface area contributed by atoms with E-state index < -0.39 is 5.97 Å². The fraction of sp³-hybridized carbons (Fsp3) is 0.111. The second-order valence-corrected chi connectivity index (χ2v) is 4.83. The molecule has 5 nitrogen and oxygen atoms in total. The predicted molar refractivity (Wildman–Crippen MR) is 85.1 cm³/mol. The lowest BCUT2D eigenvalue weighted by molar-refractivity contribution is -0.299. The Bertz CT molecular complexity index is 693. The van der Waals surface area contributed by atoms with Crippen LogP contribution in [0.2, 0.25) is 0 Å².